The molecule has 8 heteroatoms. The highest BCUT2D eigenvalue weighted by molar-refractivity contribution is 5.93. The number of anilines is 2. The molecule has 0 aromatic heterocycles. The van der Waals surface area contributed by atoms with E-state index >= 15 is 0 Å². The van der Waals surface area contributed by atoms with Gasteiger partial charge < -0.3 is 31.5 Å². The third-order valence-corrected chi connectivity index (χ3v) is 4.89. The average molecular weight is 437 g/mol. The normalized spacial score (nSPS) is 13.8. The van der Waals surface area contributed by atoms with Gasteiger partial charge in [-0.2, -0.15) is 0 Å². The molecule has 0 bridgehead atoms. The number of hydrogen-bond donors (Lipinski definition) is 6. The third-order valence-electron chi connectivity index (χ3n) is 4.89. The van der Waals surface area contributed by atoms with Gasteiger partial charge in [0.1, 0.15) is 0 Å². The summed E-state index contributed by atoms with van der Waals surface area (Å²) in [6.45, 7) is 14.1. The lowest BCUT2D eigenvalue weighted by atomic mass is 9.87. The number of hydrogen-bond acceptors (Lipinski definition) is 4. The minimum absolute atomic E-state index is 0.231. The van der Waals surface area contributed by atoms with E-state index in [1.165, 1.54) is 0 Å². The lowest BCUT2D eigenvalue weighted by Crippen LogP contribution is -2.38. The summed E-state index contributed by atoms with van der Waals surface area (Å²) in [6, 6.07) is 4.60. The Morgan fingerprint density at radius 2 is 1.32 bits per heavy atom. The maximum absolute atomic E-state index is 12.3. The summed E-state index contributed by atoms with van der Waals surface area (Å²) in [5.41, 5.74) is 1.55. The number of carbonyl (C=O) groups excluding carboxylic acids is 2. The molecule has 6 N–H and O–H groups in total. The van der Waals surface area contributed by atoms with E-state index in [9.17, 15) is 19.8 Å². The van der Waals surface area contributed by atoms with Crippen LogP contribution < -0.4 is 21.3 Å². The first-order valence-corrected chi connectivity index (χ1v) is 10.8. The highest BCUT2D eigenvalue weighted by Crippen LogP contribution is 2.23. The summed E-state index contributed by atoms with van der Waals surface area (Å²) in [7, 11) is 0. The number of aliphatic hydroxyl groups excluding tert-OH is 2. The molecule has 0 spiro atoms. The van der Waals surface area contributed by atoms with Gasteiger partial charge in [-0.1, -0.05) is 33.8 Å². The minimum Gasteiger partial charge on any atom is -0.393 e. The maximum Gasteiger partial charge on any atom is 0.319 e. The average Bonchev–Trinajstić information content (AvgIpc) is 2.59. The summed E-state index contributed by atoms with van der Waals surface area (Å²) < 4.78 is 0. The van der Waals surface area contributed by atoms with E-state index in [4.69, 9.17) is 0 Å². The highest BCUT2D eigenvalue weighted by Gasteiger charge is 2.22. The largest absolute Gasteiger partial charge is 0.393 e. The van der Waals surface area contributed by atoms with Crippen molar-refractivity contribution >= 4 is 23.4 Å². The van der Waals surface area contributed by atoms with Crippen molar-refractivity contribution in [2.24, 2.45) is 10.8 Å². The number of rotatable bonds is 10. The minimum atomic E-state index is -0.436. The van der Waals surface area contributed by atoms with Crippen LogP contribution in [-0.4, -0.2) is 47.6 Å². The molecular weight excluding hydrogens is 396 g/mol. The number of aliphatic hydroxyl groups is 2. The smallest absolute Gasteiger partial charge is 0.319 e. The van der Waals surface area contributed by atoms with Crippen LogP contribution in [0.15, 0.2) is 18.2 Å². The maximum atomic E-state index is 12.3. The molecule has 1 aromatic rings. The van der Waals surface area contributed by atoms with E-state index in [1.807, 2.05) is 40.7 Å². The van der Waals surface area contributed by atoms with Gasteiger partial charge in [-0.25, -0.2) is 9.59 Å². The van der Waals surface area contributed by atoms with Crippen molar-refractivity contribution in [2.45, 2.75) is 73.5 Å². The molecule has 0 saturated carbocycles. The molecule has 0 saturated heterocycles. The van der Waals surface area contributed by atoms with Crippen LogP contribution in [0, 0.1) is 17.8 Å². The fourth-order valence-corrected chi connectivity index (χ4v) is 3.56. The number of amides is 4. The van der Waals surface area contributed by atoms with Gasteiger partial charge in [0.2, 0.25) is 0 Å². The first-order chi connectivity index (χ1) is 14.2. The van der Waals surface area contributed by atoms with E-state index < -0.39 is 12.2 Å². The fraction of sp³-hybridized carbons (Fsp3) is 0.652. The molecule has 0 unspecified atom stereocenters. The number of benzene rings is 1. The van der Waals surface area contributed by atoms with Crippen molar-refractivity contribution in [1.29, 1.82) is 0 Å². The molecule has 4 amide bonds. The molecule has 0 aliphatic rings. The first-order valence-electron chi connectivity index (χ1n) is 10.8. The van der Waals surface area contributed by atoms with E-state index in [0.29, 0.717) is 37.3 Å². The Labute approximate surface area is 186 Å². The zero-order chi connectivity index (χ0) is 23.8. The SMILES string of the molecule is Cc1ccc(NC(=O)NCC(C)(C)C[C@H](C)O)cc1NC(=O)NCC(C)(C)C[C@H](C)O. The van der Waals surface area contributed by atoms with Crippen LogP contribution in [0.5, 0.6) is 0 Å². The second-order valence-corrected chi connectivity index (χ2v) is 10.1. The van der Waals surface area contributed by atoms with Crippen LogP contribution >= 0.6 is 0 Å². The molecule has 0 radical (unpaired) electrons. The molecule has 2 atom stereocenters. The second kappa shape index (κ2) is 11.3. The molecule has 0 heterocycles. The van der Waals surface area contributed by atoms with Crippen molar-refractivity contribution in [1.82, 2.24) is 10.6 Å². The van der Waals surface area contributed by atoms with E-state index in [-0.39, 0.29) is 22.9 Å². The van der Waals surface area contributed by atoms with E-state index in [1.54, 1.807) is 26.0 Å². The summed E-state index contributed by atoms with van der Waals surface area (Å²) in [6.07, 6.45) is 0.284. The fourth-order valence-electron chi connectivity index (χ4n) is 3.56. The van der Waals surface area contributed by atoms with Crippen LogP contribution in [0.4, 0.5) is 21.0 Å². The zero-order valence-electron chi connectivity index (χ0n) is 19.9. The van der Waals surface area contributed by atoms with Gasteiger partial charge in [0.15, 0.2) is 0 Å². The predicted octanol–water partition coefficient (Wildman–Crippen LogP) is 3.83. The Hall–Kier alpha value is -2.32. The van der Waals surface area contributed by atoms with Crippen LogP contribution in [-0.2, 0) is 0 Å². The van der Waals surface area contributed by atoms with Crippen LogP contribution in [0.25, 0.3) is 0 Å². The van der Waals surface area contributed by atoms with Gasteiger partial charge in [-0.05, 0) is 62.1 Å². The molecule has 176 valence electrons. The molecule has 1 rings (SSSR count). The van der Waals surface area contributed by atoms with Crippen LogP contribution in [0.1, 0.15) is 59.9 Å². The number of nitrogens with one attached hydrogen (secondary N) is 4. The van der Waals surface area contributed by atoms with Crippen LogP contribution in [0.2, 0.25) is 0 Å². The Bertz CT molecular complexity index is 745. The van der Waals surface area contributed by atoms with Crippen molar-refractivity contribution < 1.29 is 19.8 Å². The van der Waals surface area contributed by atoms with Crippen molar-refractivity contribution in [3.63, 3.8) is 0 Å². The topological polar surface area (TPSA) is 123 Å². The van der Waals surface area contributed by atoms with Crippen molar-refractivity contribution in [3.05, 3.63) is 23.8 Å². The van der Waals surface area contributed by atoms with Gasteiger partial charge in [0.25, 0.3) is 0 Å². The second-order valence-electron chi connectivity index (χ2n) is 10.1. The van der Waals surface area contributed by atoms with E-state index in [2.05, 4.69) is 21.3 Å². The lowest BCUT2D eigenvalue weighted by Gasteiger charge is -2.26. The number of aryl methyl sites for hydroxylation is 1. The van der Waals surface area contributed by atoms with E-state index in [0.717, 1.165) is 5.56 Å². The molecule has 31 heavy (non-hydrogen) atoms. The van der Waals surface area contributed by atoms with Gasteiger partial charge in [-0.3, -0.25) is 0 Å². The number of urea groups is 2. The molecule has 1 aromatic carbocycles. The monoisotopic (exact) mass is 436 g/mol. The Morgan fingerprint density at radius 3 is 1.77 bits per heavy atom. The van der Waals surface area contributed by atoms with Gasteiger partial charge in [0, 0.05) is 24.5 Å². The third kappa shape index (κ3) is 11.0. The standard InChI is InChI=1S/C23H40N4O4/c1-15-8-9-18(26-20(30)24-13-22(4,5)11-16(2)28)10-19(15)27-21(31)25-14-23(6,7)12-17(3)29/h8-10,16-17,28-29H,11-14H2,1-7H3,(H2,24,26,30)(H2,25,27,31)/t16-,17-/m0/s1. The Kier molecular flexibility index (Phi) is 9.77. The molecule has 8 nitrogen and oxygen atoms in total. The van der Waals surface area contributed by atoms with Crippen molar-refractivity contribution in [3.8, 4) is 0 Å². The predicted molar refractivity (Wildman–Crippen MR) is 125 cm³/mol. The molecule has 0 aliphatic heterocycles. The molecule has 0 fully saturated rings. The lowest BCUT2D eigenvalue weighted by molar-refractivity contribution is 0.129. The highest BCUT2D eigenvalue weighted by atomic mass is 16.3. The quantitative estimate of drug-likeness (QED) is 0.334. The summed E-state index contributed by atoms with van der Waals surface area (Å²) in [4.78, 5) is 24.6. The summed E-state index contributed by atoms with van der Waals surface area (Å²) in [5.74, 6) is 0. The number of carbonyl (C=O) groups is 2. The van der Waals surface area contributed by atoms with Gasteiger partial charge >= 0.3 is 12.1 Å². The zero-order valence-corrected chi connectivity index (χ0v) is 19.9. The molecular formula is C23H40N4O4. The first kappa shape index (κ1) is 26.7. The Morgan fingerprint density at radius 1 is 0.871 bits per heavy atom. The summed E-state index contributed by atoms with van der Waals surface area (Å²) >= 11 is 0. The van der Waals surface area contributed by atoms with Crippen molar-refractivity contribution in [2.75, 3.05) is 23.7 Å². The Balaban J connectivity index is 2.64. The van der Waals surface area contributed by atoms with Crippen LogP contribution in [0.3, 0.4) is 0 Å². The molecule has 0 aliphatic carbocycles. The summed E-state index contributed by atoms with van der Waals surface area (Å²) in [5, 5.41) is 30.4. The van der Waals surface area contributed by atoms with Gasteiger partial charge in [0.05, 0.1) is 12.2 Å². The van der Waals surface area contributed by atoms with Gasteiger partial charge in [-0.15, -0.1) is 0 Å².